The zero-order valence-electron chi connectivity index (χ0n) is 9.76. The molecular formula is C14H17ClFN. The summed E-state index contributed by atoms with van der Waals surface area (Å²) in [7, 11) is 0. The van der Waals surface area contributed by atoms with Gasteiger partial charge in [-0.05, 0) is 49.1 Å². The van der Waals surface area contributed by atoms with Crippen LogP contribution in [0.4, 0.5) is 10.1 Å². The van der Waals surface area contributed by atoms with Crippen molar-refractivity contribution >= 4 is 17.3 Å². The van der Waals surface area contributed by atoms with E-state index >= 15 is 0 Å². The number of nitrogens with two attached hydrogens (primary N) is 1. The molecule has 92 valence electrons. The molecule has 0 spiro atoms. The molecule has 3 heteroatoms. The van der Waals surface area contributed by atoms with Crippen LogP contribution in [0.15, 0.2) is 24.8 Å². The Morgan fingerprint density at radius 3 is 2.53 bits per heavy atom. The van der Waals surface area contributed by atoms with Crippen LogP contribution in [0.1, 0.15) is 37.2 Å². The second-order valence-electron chi connectivity index (χ2n) is 4.72. The summed E-state index contributed by atoms with van der Waals surface area (Å²) in [5.41, 5.74) is 6.60. The van der Waals surface area contributed by atoms with E-state index in [2.05, 4.69) is 6.58 Å². The van der Waals surface area contributed by atoms with Crippen LogP contribution in [0.2, 0.25) is 5.02 Å². The van der Waals surface area contributed by atoms with Gasteiger partial charge in [-0.25, -0.2) is 4.39 Å². The minimum Gasteiger partial charge on any atom is -0.397 e. The highest BCUT2D eigenvalue weighted by atomic mass is 35.5. The van der Waals surface area contributed by atoms with Crippen molar-refractivity contribution in [1.29, 1.82) is 0 Å². The Bertz CT molecular complexity index is 422. The van der Waals surface area contributed by atoms with Crippen molar-refractivity contribution in [2.45, 2.75) is 31.6 Å². The Balaban J connectivity index is 2.19. The van der Waals surface area contributed by atoms with E-state index in [0.29, 0.717) is 17.2 Å². The van der Waals surface area contributed by atoms with Crippen molar-refractivity contribution < 1.29 is 4.39 Å². The summed E-state index contributed by atoms with van der Waals surface area (Å²) in [5.74, 6) is 0.511. The minimum atomic E-state index is -0.339. The molecule has 1 nitrogen and oxygen atoms in total. The van der Waals surface area contributed by atoms with Gasteiger partial charge in [-0.1, -0.05) is 23.7 Å². The molecular weight excluding hydrogens is 237 g/mol. The summed E-state index contributed by atoms with van der Waals surface area (Å²) in [5, 5.41) is 0.0633. The van der Waals surface area contributed by atoms with E-state index in [4.69, 9.17) is 17.3 Å². The first-order chi connectivity index (χ1) is 8.13. The third kappa shape index (κ3) is 2.47. The molecule has 1 aliphatic rings. The molecule has 0 bridgehead atoms. The van der Waals surface area contributed by atoms with Crippen molar-refractivity contribution in [3.8, 4) is 0 Å². The number of allylic oxidation sites excluding steroid dienone is 1. The molecule has 2 rings (SSSR count). The standard InChI is InChI=1S/C14H17ClFN/c1-2-9-3-5-10(6-4-9)11-7-8-12(17)13(15)14(11)16/h2,7-10H,1,3-6,17H2. The molecule has 0 heterocycles. The Hall–Kier alpha value is -1.02. The molecule has 0 aliphatic heterocycles. The zero-order valence-corrected chi connectivity index (χ0v) is 10.5. The zero-order chi connectivity index (χ0) is 12.4. The molecule has 0 amide bonds. The van der Waals surface area contributed by atoms with Gasteiger partial charge in [-0.15, -0.1) is 6.58 Å². The summed E-state index contributed by atoms with van der Waals surface area (Å²) in [6.45, 7) is 3.81. The lowest BCUT2D eigenvalue weighted by Crippen LogP contribution is -2.13. The smallest absolute Gasteiger partial charge is 0.147 e. The highest BCUT2D eigenvalue weighted by molar-refractivity contribution is 6.33. The molecule has 2 N–H and O–H groups in total. The summed E-state index contributed by atoms with van der Waals surface area (Å²) >= 11 is 5.84. The fraction of sp³-hybridized carbons (Fsp3) is 0.429. The molecule has 1 aromatic rings. The van der Waals surface area contributed by atoms with Gasteiger partial charge in [0.2, 0.25) is 0 Å². The van der Waals surface area contributed by atoms with Gasteiger partial charge in [0.15, 0.2) is 0 Å². The van der Waals surface area contributed by atoms with Crippen molar-refractivity contribution in [3.63, 3.8) is 0 Å². The molecule has 1 saturated carbocycles. The highest BCUT2D eigenvalue weighted by Gasteiger charge is 2.24. The molecule has 1 aromatic carbocycles. The molecule has 17 heavy (non-hydrogen) atoms. The number of hydrogen-bond donors (Lipinski definition) is 1. The van der Waals surface area contributed by atoms with Gasteiger partial charge >= 0.3 is 0 Å². The maximum atomic E-state index is 14.0. The molecule has 0 saturated heterocycles. The van der Waals surface area contributed by atoms with E-state index in [1.165, 1.54) is 0 Å². The summed E-state index contributed by atoms with van der Waals surface area (Å²) in [4.78, 5) is 0. The van der Waals surface area contributed by atoms with Gasteiger partial charge in [0, 0.05) is 0 Å². The van der Waals surface area contributed by atoms with Crippen LogP contribution in [0, 0.1) is 11.7 Å². The lowest BCUT2D eigenvalue weighted by molar-refractivity contribution is 0.369. The lowest BCUT2D eigenvalue weighted by Gasteiger charge is -2.27. The van der Waals surface area contributed by atoms with Crippen LogP contribution in [-0.4, -0.2) is 0 Å². The maximum Gasteiger partial charge on any atom is 0.147 e. The summed E-state index contributed by atoms with van der Waals surface area (Å²) < 4.78 is 14.0. The van der Waals surface area contributed by atoms with Crippen molar-refractivity contribution in [2.75, 3.05) is 5.73 Å². The number of rotatable bonds is 2. The molecule has 1 fully saturated rings. The fourth-order valence-corrected chi connectivity index (χ4v) is 2.73. The molecule has 0 unspecified atom stereocenters. The largest absolute Gasteiger partial charge is 0.397 e. The van der Waals surface area contributed by atoms with Crippen LogP contribution in [0.5, 0.6) is 0 Å². The third-order valence-corrected chi connectivity index (χ3v) is 4.07. The first-order valence-electron chi connectivity index (χ1n) is 5.99. The first kappa shape index (κ1) is 12.4. The van der Waals surface area contributed by atoms with Gasteiger partial charge in [0.25, 0.3) is 0 Å². The Morgan fingerprint density at radius 2 is 1.94 bits per heavy atom. The minimum absolute atomic E-state index is 0.0633. The summed E-state index contributed by atoms with van der Waals surface area (Å²) in [6, 6.07) is 3.47. The second-order valence-corrected chi connectivity index (χ2v) is 5.10. The average Bonchev–Trinajstić information content (AvgIpc) is 2.36. The van der Waals surface area contributed by atoms with E-state index in [-0.39, 0.29) is 16.8 Å². The normalized spacial score (nSPS) is 24.6. The van der Waals surface area contributed by atoms with Gasteiger partial charge < -0.3 is 5.73 Å². The van der Waals surface area contributed by atoms with Crippen LogP contribution in [0.3, 0.4) is 0 Å². The summed E-state index contributed by atoms with van der Waals surface area (Å²) in [6.07, 6.45) is 6.15. The maximum absolute atomic E-state index is 14.0. The van der Waals surface area contributed by atoms with E-state index in [9.17, 15) is 4.39 Å². The molecule has 1 aliphatic carbocycles. The number of halogens is 2. The van der Waals surface area contributed by atoms with Crippen LogP contribution in [-0.2, 0) is 0 Å². The van der Waals surface area contributed by atoms with Gasteiger partial charge in [-0.3, -0.25) is 0 Å². The van der Waals surface area contributed by atoms with Crippen molar-refractivity contribution in [3.05, 3.63) is 41.2 Å². The third-order valence-electron chi connectivity index (χ3n) is 3.69. The van der Waals surface area contributed by atoms with Gasteiger partial charge in [0.1, 0.15) is 5.82 Å². The van der Waals surface area contributed by atoms with Crippen molar-refractivity contribution in [2.24, 2.45) is 5.92 Å². The Morgan fingerprint density at radius 1 is 1.29 bits per heavy atom. The highest BCUT2D eigenvalue weighted by Crippen LogP contribution is 2.39. The number of hydrogen-bond acceptors (Lipinski definition) is 1. The SMILES string of the molecule is C=CC1CCC(c2ccc(N)c(Cl)c2F)CC1. The van der Waals surface area contributed by atoms with Crippen LogP contribution in [0.25, 0.3) is 0 Å². The van der Waals surface area contributed by atoms with E-state index < -0.39 is 0 Å². The topological polar surface area (TPSA) is 26.0 Å². The lowest BCUT2D eigenvalue weighted by atomic mass is 9.78. The second kappa shape index (κ2) is 5.09. The quantitative estimate of drug-likeness (QED) is 0.609. The first-order valence-corrected chi connectivity index (χ1v) is 6.37. The van der Waals surface area contributed by atoms with Gasteiger partial charge in [0.05, 0.1) is 10.7 Å². The number of benzene rings is 1. The van der Waals surface area contributed by atoms with E-state index in [1.54, 1.807) is 12.1 Å². The molecule has 0 aromatic heterocycles. The Labute approximate surface area is 106 Å². The van der Waals surface area contributed by atoms with E-state index in [1.807, 2.05) is 6.08 Å². The van der Waals surface area contributed by atoms with E-state index in [0.717, 1.165) is 25.7 Å². The van der Waals surface area contributed by atoms with Crippen LogP contribution >= 0.6 is 11.6 Å². The number of anilines is 1. The predicted molar refractivity (Wildman–Crippen MR) is 70.7 cm³/mol. The van der Waals surface area contributed by atoms with Gasteiger partial charge in [-0.2, -0.15) is 0 Å². The fourth-order valence-electron chi connectivity index (χ4n) is 2.56. The average molecular weight is 254 g/mol. The monoisotopic (exact) mass is 253 g/mol. The predicted octanol–water partition coefficient (Wildman–Crippen LogP) is 4.52. The molecule has 0 radical (unpaired) electrons. The molecule has 0 atom stereocenters. The number of nitrogen functional groups attached to an aromatic ring is 1. The van der Waals surface area contributed by atoms with Crippen LogP contribution < -0.4 is 5.73 Å². The van der Waals surface area contributed by atoms with Crippen molar-refractivity contribution in [1.82, 2.24) is 0 Å². The Kier molecular flexibility index (Phi) is 3.72.